The van der Waals surface area contributed by atoms with Gasteiger partial charge >= 0.3 is 12.1 Å². The summed E-state index contributed by atoms with van der Waals surface area (Å²) in [6.07, 6.45) is 4.98. The second kappa shape index (κ2) is 11.0. The fourth-order valence-electron chi connectivity index (χ4n) is 6.39. The van der Waals surface area contributed by atoms with Crippen LogP contribution in [0.5, 0.6) is 0 Å². The van der Waals surface area contributed by atoms with Crippen LogP contribution in [0.25, 0.3) is 0 Å². The second-order valence-corrected chi connectivity index (χ2v) is 17.2. The molecule has 38 heavy (non-hydrogen) atoms. The zero-order valence-corrected chi connectivity index (χ0v) is 24.6. The number of carboxylic acids is 1. The summed E-state index contributed by atoms with van der Waals surface area (Å²) >= 11 is 0. The number of carboxylic acid groups (broad SMARTS) is 1. The maximum Gasteiger partial charge on any atom is 0.417 e. The molecule has 0 aromatic heterocycles. The van der Waals surface area contributed by atoms with Gasteiger partial charge in [-0.2, -0.15) is 0 Å². The molecule has 208 valence electrons. The summed E-state index contributed by atoms with van der Waals surface area (Å²) in [4.78, 5) is 41.2. The molecule has 0 bridgehead atoms. The summed E-state index contributed by atoms with van der Waals surface area (Å²) in [5.41, 5.74) is 1.95. The predicted octanol–water partition coefficient (Wildman–Crippen LogP) is 6.26. The average Bonchev–Trinajstić information content (AvgIpc) is 3.15. The molecule has 5 atom stereocenters. The third-order valence-corrected chi connectivity index (χ3v) is 14.5. The molecule has 4 rings (SSSR count). The molecule has 1 saturated carbocycles. The van der Waals surface area contributed by atoms with E-state index in [1.54, 1.807) is 0 Å². The van der Waals surface area contributed by atoms with Crippen LogP contribution in [0.2, 0.25) is 18.1 Å². The van der Waals surface area contributed by atoms with Crippen molar-refractivity contribution in [2.75, 3.05) is 6.61 Å². The van der Waals surface area contributed by atoms with E-state index in [2.05, 4.69) is 46.9 Å². The van der Waals surface area contributed by atoms with Gasteiger partial charge < -0.3 is 14.3 Å². The molecule has 0 radical (unpaired) electrons. The van der Waals surface area contributed by atoms with Gasteiger partial charge in [-0.25, -0.2) is 9.69 Å². The topological polar surface area (TPSA) is 93.1 Å². The van der Waals surface area contributed by atoms with Gasteiger partial charge in [0.25, 0.3) is 0 Å². The normalized spacial score (nSPS) is 27.6. The number of allylic oxidation sites excluding steroid dienone is 1. The molecule has 0 spiro atoms. The van der Waals surface area contributed by atoms with Crippen molar-refractivity contribution >= 4 is 26.3 Å². The summed E-state index contributed by atoms with van der Waals surface area (Å²) < 4.78 is 12.3. The van der Waals surface area contributed by atoms with Crippen molar-refractivity contribution in [1.29, 1.82) is 0 Å². The molecule has 1 aromatic rings. The van der Waals surface area contributed by atoms with Crippen LogP contribution < -0.4 is 0 Å². The number of imide groups is 1. The van der Waals surface area contributed by atoms with E-state index in [4.69, 9.17) is 9.16 Å². The van der Waals surface area contributed by atoms with Crippen LogP contribution in [-0.4, -0.2) is 48.9 Å². The molecule has 2 aliphatic carbocycles. The maximum atomic E-state index is 13.9. The van der Waals surface area contributed by atoms with Gasteiger partial charge in [-0.1, -0.05) is 76.1 Å². The Labute approximate surface area is 227 Å². The van der Waals surface area contributed by atoms with E-state index in [-0.39, 0.29) is 24.2 Å². The van der Waals surface area contributed by atoms with E-state index in [0.29, 0.717) is 5.92 Å². The zero-order valence-electron chi connectivity index (χ0n) is 23.6. The number of carbonyl (C=O) groups excluding carboxylic acids is 2. The Hall–Kier alpha value is -2.45. The summed E-state index contributed by atoms with van der Waals surface area (Å²) in [6.45, 7) is 13.4. The first-order valence-corrected chi connectivity index (χ1v) is 16.9. The molecular formula is C30H43NO6Si. The molecule has 0 unspecified atom stereocenters. The van der Waals surface area contributed by atoms with E-state index in [1.807, 2.05) is 30.3 Å². The number of hydrogen-bond acceptors (Lipinski definition) is 5. The number of rotatable bonds is 8. The summed E-state index contributed by atoms with van der Waals surface area (Å²) in [6, 6.07) is 8.74. The highest BCUT2D eigenvalue weighted by Crippen LogP contribution is 2.51. The van der Waals surface area contributed by atoms with E-state index < -0.39 is 50.1 Å². The lowest BCUT2D eigenvalue weighted by Crippen LogP contribution is -2.50. The number of benzene rings is 1. The fourth-order valence-corrected chi connectivity index (χ4v) is 8.74. The Balaban J connectivity index is 1.67. The smallest absolute Gasteiger partial charge is 0.417 e. The van der Waals surface area contributed by atoms with Gasteiger partial charge in [0.05, 0.1) is 24.5 Å². The van der Waals surface area contributed by atoms with Crippen molar-refractivity contribution < 1.29 is 28.7 Å². The Morgan fingerprint density at radius 1 is 1.16 bits per heavy atom. The highest BCUT2D eigenvalue weighted by molar-refractivity contribution is 6.74. The first-order chi connectivity index (χ1) is 17.9. The van der Waals surface area contributed by atoms with Crippen molar-refractivity contribution in [1.82, 2.24) is 4.90 Å². The SMILES string of the molecule is CC(C)C(C)(C)[Si](C)(C)OC[C@@H]1[C@H]2C=C3CCCC[C@H]3[C@@H](C(=O)O)[C@H]2C(=O)N1C(=O)OCc1ccccc1. The molecule has 2 amide bonds. The lowest BCUT2D eigenvalue weighted by Gasteiger charge is -2.44. The van der Waals surface area contributed by atoms with E-state index in [0.717, 1.165) is 36.8 Å². The first-order valence-electron chi connectivity index (χ1n) is 14.0. The number of hydrogen-bond donors (Lipinski definition) is 1. The van der Waals surface area contributed by atoms with E-state index >= 15 is 0 Å². The number of nitrogens with zero attached hydrogens (tertiary/aromatic N) is 1. The van der Waals surface area contributed by atoms with Crippen LogP contribution in [0.1, 0.15) is 58.9 Å². The Kier molecular flexibility index (Phi) is 8.24. The molecule has 7 nitrogen and oxygen atoms in total. The molecule has 1 aliphatic heterocycles. The Morgan fingerprint density at radius 2 is 1.84 bits per heavy atom. The summed E-state index contributed by atoms with van der Waals surface area (Å²) in [5, 5.41) is 10.2. The molecular weight excluding hydrogens is 498 g/mol. The highest BCUT2D eigenvalue weighted by atomic mass is 28.4. The molecule has 8 heteroatoms. The molecule has 1 saturated heterocycles. The minimum absolute atomic E-state index is 0.0407. The van der Waals surface area contributed by atoms with Gasteiger partial charge in [0, 0.05) is 5.92 Å². The second-order valence-electron chi connectivity index (χ2n) is 12.6. The minimum atomic E-state index is -2.28. The Morgan fingerprint density at radius 3 is 2.47 bits per heavy atom. The number of carbonyl (C=O) groups is 3. The van der Waals surface area contributed by atoms with Crippen molar-refractivity contribution in [3.63, 3.8) is 0 Å². The van der Waals surface area contributed by atoms with Crippen LogP contribution in [0, 0.1) is 29.6 Å². The number of fused-ring (bicyclic) bond motifs is 2. The third-order valence-electron chi connectivity index (χ3n) is 9.94. The lowest BCUT2D eigenvalue weighted by molar-refractivity contribution is -0.150. The number of aliphatic carboxylic acids is 1. The van der Waals surface area contributed by atoms with E-state index in [9.17, 15) is 19.5 Å². The van der Waals surface area contributed by atoms with Crippen LogP contribution in [0.4, 0.5) is 4.79 Å². The highest BCUT2D eigenvalue weighted by Gasteiger charge is 2.59. The van der Waals surface area contributed by atoms with E-state index in [1.165, 1.54) is 4.90 Å². The minimum Gasteiger partial charge on any atom is -0.481 e. The Bertz CT molecular complexity index is 1080. The van der Waals surface area contributed by atoms with Crippen molar-refractivity contribution in [3.8, 4) is 0 Å². The van der Waals surface area contributed by atoms with Gasteiger partial charge in [0.1, 0.15) is 6.61 Å². The molecule has 1 heterocycles. The standard InChI is InChI=1S/C30H43NO6Si/c1-19(2)30(3,4)38(5,6)37-18-24-23-16-21-14-10-11-15-22(21)26(28(33)34)25(23)27(32)31(24)29(35)36-17-20-12-8-7-9-13-20/h7-9,12-13,16,19,22-26H,10-11,14-15,17-18H2,1-6H3,(H,33,34)/t22-,23-,24-,25+,26-/m1/s1. The van der Waals surface area contributed by atoms with Crippen LogP contribution >= 0.6 is 0 Å². The van der Waals surface area contributed by atoms with Gasteiger partial charge in [0.2, 0.25) is 5.91 Å². The molecule has 1 N–H and O–H groups in total. The zero-order chi connectivity index (χ0) is 27.8. The summed E-state index contributed by atoms with van der Waals surface area (Å²) in [7, 11) is -2.28. The number of amides is 2. The van der Waals surface area contributed by atoms with Crippen molar-refractivity contribution in [2.24, 2.45) is 29.6 Å². The molecule has 1 aromatic carbocycles. The monoisotopic (exact) mass is 541 g/mol. The van der Waals surface area contributed by atoms with Crippen LogP contribution in [-0.2, 0) is 25.4 Å². The summed E-state index contributed by atoms with van der Waals surface area (Å²) in [5.74, 6) is -3.19. The van der Waals surface area contributed by atoms with Crippen molar-refractivity contribution in [3.05, 3.63) is 47.5 Å². The number of ether oxygens (including phenoxy) is 1. The number of likely N-dealkylation sites (tertiary alicyclic amines) is 1. The maximum absolute atomic E-state index is 13.9. The van der Waals surface area contributed by atoms with Gasteiger partial charge in [-0.15, -0.1) is 0 Å². The van der Waals surface area contributed by atoms with Gasteiger partial charge in [-0.05, 0) is 54.8 Å². The van der Waals surface area contributed by atoms with Gasteiger partial charge in [0.15, 0.2) is 8.32 Å². The van der Waals surface area contributed by atoms with Crippen LogP contribution in [0.15, 0.2) is 42.0 Å². The quantitative estimate of drug-likeness (QED) is 0.309. The third kappa shape index (κ3) is 5.22. The molecule has 3 aliphatic rings. The largest absolute Gasteiger partial charge is 0.481 e. The van der Waals surface area contributed by atoms with Crippen molar-refractivity contribution in [2.45, 2.75) is 84.2 Å². The van der Waals surface area contributed by atoms with Crippen LogP contribution in [0.3, 0.4) is 0 Å². The average molecular weight is 542 g/mol. The van der Waals surface area contributed by atoms with Gasteiger partial charge in [-0.3, -0.25) is 9.59 Å². The predicted molar refractivity (Wildman–Crippen MR) is 148 cm³/mol. The first kappa shape index (κ1) is 28.6. The fraction of sp³-hybridized carbons (Fsp3) is 0.633. The molecule has 2 fully saturated rings. The lowest BCUT2D eigenvalue weighted by atomic mass is 9.63.